The number of allylic oxidation sites excluding steroid dienone is 4. The van der Waals surface area contributed by atoms with Gasteiger partial charge in [0.05, 0.1) is 0 Å². The van der Waals surface area contributed by atoms with Crippen LogP contribution < -0.4 is 0 Å². The van der Waals surface area contributed by atoms with Gasteiger partial charge in [0, 0.05) is 6.08 Å². The summed E-state index contributed by atoms with van der Waals surface area (Å²) >= 11 is 0.106. The molecule has 0 atom stereocenters. The Morgan fingerprint density at radius 3 is 2.73 bits per heavy atom. The number of hydrogen-bond donors (Lipinski definition) is 0. The molecule has 0 aromatic carbocycles. The van der Waals surface area contributed by atoms with E-state index >= 15 is 0 Å². The lowest BCUT2D eigenvalue weighted by Gasteiger charge is -2.17. The Kier molecular flexibility index (Phi) is 4.45. The Balaban J connectivity index is 2.52. The van der Waals surface area contributed by atoms with Crippen LogP contribution in [0.4, 0.5) is 0 Å². The lowest BCUT2D eigenvalue weighted by Crippen LogP contribution is -2.22. The minimum absolute atomic E-state index is 0.106. The molecular weight excluding hydrogens is 303 g/mol. The van der Waals surface area contributed by atoms with E-state index < -0.39 is 5.60 Å². The molecule has 0 aromatic rings. The van der Waals surface area contributed by atoms with Crippen LogP contribution >= 0.6 is 20.7 Å². The molecule has 1 aliphatic heterocycles. The Morgan fingerprint density at radius 1 is 1.47 bits per heavy atom. The molecule has 82 valence electrons. The number of rotatable bonds is 2. The van der Waals surface area contributed by atoms with Crippen molar-refractivity contribution in [2.75, 3.05) is 0 Å². The van der Waals surface area contributed by atoms with Crippen molar-refractivity contribution in [3.8, 4) is 0 Å². The maximum atomic E-state index is 11.3. The van der Waals surface area contributed by atoms with Gasteiger partial charge in [-0.3, -0.25) is 0 Å². The Morgan fingerprint density at radius 2 is 2.20 bits per heavy atom. The largest absolute Gasteiger partial charge is 0.457 e. The van der Waals surface area contributed by atoms with Crippen LogP contribution in [0.2, 0.25) is 0 Å². The Labute approximate surface area is 100 Å². The molecule has 1 aliphatic rings. The van der Waals surface area contributed by atoms with Crippen LogP contribution in [0.25, 0.3) is 0 Å². The molecule has 0 aromatic heterocycles. The highest BCUT2D eigenvalue weighted by Gasteiger charge is 2.13. The van der Waals surface area contributed by atoms with Gasteiger partial charge in [0.25, 0.3) is 0 Å². The standard InChI is InChI=1S/C12H15IO2/c1-12(2,3)15-11(14)5-4-10-6-8-13-9-7-10/h4-9H,1-3H3/b5-4+. The zero-order chi connectivity index (χ0) is 11.3. The van der Waals surface area contributed by atoms with E-state index in [1.807, 2.05) is 32.9 Å². The van der Waals surface area contributed by atoms with Gasteiger partial charge in [-0.1, -0.05) is 20.7 Å². The van der Waals surface area contributed by atoms with E-state index in [0.29, 0.717) is 0 Å². The third kappa shape index (κ3) is 5.67. The molecule has 3 heteroatoms. The van der Waals surface area contributed by atoms with Crippen LogP contribution in [0.5, 0.6) is 0 Å². The van der Waals surface area contributed by atoms with Gasteiger partial charge in [0.15, 0.2) is 0 Å². The molecule has 1 heterocycles. The van der Waals surface area contributed by atoms with E-state index in [-0.39, 0.29) is 26.7 Å². The second-order valence-corrected chi connectivity index (χ2v) is 6.24. The average molecular weight is 318 g/mol. The third-order valence-corrected chi connectivity index (χ3v) is 3.02. The van der Waals surface area contributed by atoms with Gasteiger partial charge in [-0.2, -0.15) is 0 Å². The second kappa shape index (κ2) is 5.39. The molecule has 15 heavy (non-hydrogen) atoms. The molecule has 0 aliphatic carbocycles. The monoisotopic (exact) mass is 318 g/mol. The lowest BCUT2D eigenvalue weighted by molar-refractivity contribution is -0.148. The van der Waals surface area contributed by atoms with Crippen LogP contribution in [0.15, 0.2) is 34.0 Å². The molecule has 0 saturated heterocycles. The highest BCUT2D eigenvalue weighted by Crippen LogP contribution is 2.12. The summed E-state index contributed by atoms with van der Waals surface area (Å²) in [6.45, 7) is 5.57. The number of esters is 1. The summed E-state index contributed by atoms with van der Waals surface area (Å²) in [7, 11) is 0. The summed E-state index contributed by atoms with van der Waals surface area (Å²) in [5.41, 5.74) is 0.627. The quantitative estimate of drug-likeness (QED) is 0.444. The Hall–Kier alpha value is -0.710. The van der Waals surface area contributed by atoms with Crippen molar-refractivity contribution in [2.24, 2.45) is 0 Å². The maximum absolute atomic E-state index is 11.3. The molecule has 0 saturated carbocycles. The van der Waals surface area contributed by atoms with Crippen molar-refractivity contribution >= 4 is 30.7 Å². The minimum atomic E-state index is -0.421. The minimum Gasteiger partial charge on any atom is -0.457 e. The summed E-state index contributed by atoms with van der Waals surface area (Å²) in [6, 6.07) is 0. The van der Waals surface area contributed by atoms with Crippen LogP contribution in [0.3, 0.4) is 0 Å². The predicted molar refractivity (Wildman–Crippen MR) is 72.3 cm³/mol. The first-order chi connectivity index (χ1) is 6.97. The number of halogens is 1. The van der Waals surface area contributed by atoms with E-state index in [2.05, 4.69) is 8.09 Å². The fourth-order valence-corrected chi connectivity index (χ4v) is 2.41. The summed E-state index contributed by atoms with van der Waals surface area (Å²) in [6.07, 6.45) is 7.32. The molecule has 0 unspecified atom stereocenters. The van der Waals surface area contributed by atoms with Crippen molar-refractivity contribution in [1.29, 1.82) is 0 Å². The molecular formula is C12H15IO2. The molecule has 0 amide bonds. The number of hydrogen-bond acceptors (Lipinski definition) is 2. The van der Waals surface area contributed by atoms with Gasteiger partial charge in [-0.05, 0) is 52.7 Å². The molecule has 0 fully saturated rings. The summed E-state index contributed by atoms with van der Waals surface area (Å²) in [5, 5.41) is 0. The van der Waals surface area contributed by atoms with Gasteiger partial charge in [-0.15, -0.1) is 0 Å². The van der Waals surface area contributed by atoms with E-state index in [1.165, 1.54) is 6.08 Å². The van der Waals surface area contributed by atoms with Gasteiger partial charge >= 0.3 is 5.97 Å². The van der Waals surface area contributed by atoms with E-state index in [4.69, 9.17) is 4.74 Å². The number of carbonyl (C=O) groups is 1. The molecule has 0 spiro atoms. The van der Waals surface area contributed by atoms with Crippen molar-refractivity contribution in [2.45, 2.75) is 26.4 Å². The fraction of sp³-hybridized carbons (Fsp3) is 0.333. The van der Waals surface area contributed by atoms with Crippen LogP contribution in [0, 0.1) is 0 Å². The van der Waals surface area contributed by atoms with Crippen molar-refractivity contribution < 1.29 is 9.53 Å². The van der Waals surface area contributed by atoms with Crippen molar-refractivity contribution in [1.82, 2.24) is 0 Å². The van der Waals surface area contributed by atoms with Crippen LogP contribution in [-0.2, 0) is 9.53 Å². The summed E-state index contributed by atoms with van der Waals surface area (Å²) in [5.74, 6) is -0.294. The molecule has 0 radical (unpaired) electrons. The molecule has 0 bridgehead atoms. The highest BCUT2D eigenvalue weighted by molar-refractivity contribution is 14.2. The lowest BCUT2D eigenvalue weighted by atomic mass is 10.2. The van der Waals surface area contributed by atoms with Gasteiger partial charge in [0.2, 0.25) is 0 Å². The first-order valence-corrected chi connectivity index (χ1v) is 7.19. The first-order valence-electron chi connectivity index (χ1n) is 4.70. The maximum Gasteiger partial charge on any atom is 0.331 e. The van der Waals surface area contributed by atoms with Gasteiger partial charge in [-0.25, -0.2) is 4.79 Å². The molecule has 1 rings (SSSR count). The summed E-state index contributed by atoms with van der Waals surface area (Å²) in [4.78, 5) is 11.3. The number of carbonyl (C=O) groups excluding carboxylic acids is 1. The topological polar surface area (TPSA) is 26.3 Å². The van der Waals surface area contributed by atoms with Crippen molar-refractivity contribution in [3.63, 3.8) is 0 Å². The van der Waals surface area contributed by atoms with E-state index in [0.717, 1.165) is 5.57 Å². The molecule has 2 nitrogen and oxygen atoms in total. The predicted octanol–water partition coefficient (Wildman–Crippen LogP) is 3.11. The number of ether oxygens (including phenoxy) is 1. The van der Waals surface area contributed by atoms with Gasteiger partial charge < -0.3 is 4.74 Å². The third-order valence-electron chi connectivity index (χ3n) is 1.48. The average Bonchev–Trinajstić information content (AvgIpc) is 2.14. The highest BCUT2D eigenvalue weighted by atomic mass is 127. The zero-order valence-corrected chi connectivity index (χ0v) is 11.3. The van der Waals surface area contributed by atoms with Crippen LogP contribution in [0.1, 0.15) is 20.8 Å². The summed E-state index contributed by atoms with van der Waals surface area (Å²) < 4.78 is 9.47. The van der Waals surface area contributed by atoms with Crippen LogP contribution in [-0.4, -0.2) is 15.6 Å². The van der Waals surface area contributed by atoms with E-state index in [9.17, 15) is 4.79 Å². The zero-order valence-electron chi connectivity index (χ0n) is 9.16. The normalized spacial score (nSPS) is 16.1. The Bertz CT molecular complexity index is 354. The smallest absolute Gasteiger partial charge is 0.331 e. The van der Waals surface area contributed by atoms with E-state index in [1.54, 1.807) is 6.08 Å². The van der Waals surface area contributed by atoms with Gasteiger partial charge in [0.1, 0.15) is 5.60 Å². The second-order valence-electron chi connectivity index (χ2n) is 4.08. The molecule has 0 N–H and O–H groups in total. The SMILES string of the molecule is CC(C)(C)OC(=O)/C=C/C1=CC=IC=C1. The fourth-order valence-electron chi connectivity index (χ4n) is 0.927. The first kappa shape index (κ1) is 12.4. The van der Waals surface area contributed by atoms with Crippen molar-refractivity contribution in [3.05, 3.63) is 34.0 Å².